The third kappa shape index (κ3) is 7.28. The van der Waals surface area contributed by atoms with Crippen LogP contribution in [0.1, 0.15) is 40.2 Å². The van der Waals surface area contributed by atoms with Gasteiger partial charge in [0.2, 0.25) is 0 Å². The van der Waals surface area contributed by atoms with Crippen molar-refractivity contribution in [3.8, 4) is 23.1 Å². The van der Waals surface area contributed by atoms with Crippen molar-refractivity contribution >= 4 is 5.91 Å². The Hall–Kier alpha value is -4.54. The van der Waals surface area contributed by atoms with Crippen molar-refractivity contribution in [2.75, 3.05) is 19.6 Å². The van der Waals surface area contributed by atoms with Crippen molar-refractivity contribution < 1.29 is 9.53 Å². The van der Waals surface area contributed by atoms with E-state index in [1.165, 1.54) is 5.56 Å². The van der Waals surface area contributed by atoms with Gasteiger partial charge in [-0.1, -0.05) is 54.6 Å². The third-order valence-electron chi connectivity index (χ3n) is 6.85. The first-order chi connectivity index (χ1) is 19.2. The molecule has 0 bridgehead atoms. The number of hydrogen-bond acceptors (Lipinski definition) is 6. The zero-order valence-corrected chi connectivity index (χ0v) is 21.8. The molecule has 1 saturated heterocycles. The number of rotatable bonds is 9. The number of nitrogens with one attached hydrogen (secondary N) is 1. The van der Waals surface area contributed by atoms with Gasteiger partial charge in [0.05, 0.1) is 11.8 Å². The fourth-order valence-corrected chi connectivity index (χ4v) is 4.75. The van der Waals surface area contributed by atoms with Crippen molar-refractivity contribution in [1.29, 1.82) is 5.26 Å². The van der Waals surface area contributed by atoms with E-state index in [4.69, 9.17) is 15.0 Å². The lowest BCUT2D eigenvalue weighted by molar-refractivity contribution is 0.0957. The van der Waals surface area contributed by atoms with Crippen molar-refractivity contribution in [3.05, 3.63) is 114 Å². The minimum atomic E-state index is -0.271. The van der Waals surface area contributed by atoms with Gasteiger partial charge in [0.15, 0.2) is 0 Å². The molecule has 2 heterocycles. The van der Waals surface area contributed by atoms with E-state index in [9.17, 15) is 4.79 Å². The molecule has 1 fully saturated rings. The highest BCUT2D eigenvalue weighted by Crippen LogP contribution is 2.22. The van der Waals surface area contributed by atoms with E-state index in [1.807, 2.05) is 36.4 Å². The molecule has 1 N–H and O–H groups in total. The fraction of sp³-hybridized carbons (Fsp3) is 0.250. The molecule has 1 aliphatic rings. The summed E-state index contributed by atoms with van der Waals surface area (Å²) in [5.74, 6) is 1.35. The van der Waals surface area contributed by atoms with E-state index in [2.05, 4.69) is 57.7 Å². The van der Waals surface area contributed by atoms with Crippen molar-refractivity contribution in [1.82, 2.24) is 20.2 Å². The summed E-state index contributed by atoms with van der Waals surface area (Å²) in [6.45, 7) is 3.07. The van der Waals surface area contributed by atoms with Gasteiger partial charge in [0.25, 0.3) is 5.91 Å². The molecule has 0 unspecified atom stereocenters. The number of piperidine rings is 1. The Morgan fingerprint density at radius 3 is 2.41 bits per heavy atom. The zero-order chi connectivity index (χ0) is 26.9. The highest BCUT2D eigenvalue weighted by molar-refractivity contribution is 5.94. The minimum Gasteiger partial charge on any atom is -0.490 e. The smallest absolute Gasteiger partial charge is 0.252 e. The van der Waals surface area contributed by atoms with Crippen molar-refractivity contribution in [3.63, 3.8) is 0 Å². The van der Waals surface area contributed by atoms with Gasteiger partial charge >= 0.3 is 0 Å². The van der Waals surface area contributed by atoms with Gasteiger partial charge in [-0.15, -0.1) is 0 Å². The van der Waals surface area contributed by atoms with Crippen molar-refractivity contribution in [2.45, 2.75) is 31.9 Å². The highest BCUT2D eigenvalue weighted by atomic mass is 16.5. The quantitative estimate of drug-likeness (QED) is 0.313. The molecule has 0 aliphatic carbocycles. The molecule has 7 nitrogen and oxygen atoms in total. The molecule has 196 valence electrons. The maximum absolute atomic E-state index is 12.0. The third-order valence-corrected chi connectivity index (χ3v) is 6.85. The number of hydrogen-bond donors (Lipinski definition) is 1. The van der Waals surface area contributed by atoms with Crippen LogP contribution < -0.4 is 10.1 Å². The first kappa shape index (κ1) is 26.1. The Kier molecular flexibility index (Phi) is 8.57. The summed E-state index contributed by atoms with van der Waals surface area (Å²) in [4.78, 5) is 23.7. The molecule has 0 radical (unpaired) electrons. The van der Waals surface area contributed by atoms with Crippen LogP contribution in [-0.2, 0) is 13.0 Å². The Morgan fingerprint density at radius 1 is 0.949 bits per heavy atom. The monoisotopic (exact) mass is 517 g/mol. The van der Waals surface area contributed by atoms with E-state index in [1.54, 1.807) is 18.3 Å². The molecule has 3 aromatic carbocycles. The first-order valence-corrected chi connectivity index (χ1v) is 13.3. The first-order valence-electron chi connectivity index (χ1n) is 13.3. The number of carbonyl (C=O) groups excluding carboxylic acids is 1. The SMILES string of the molecule is N#CCNC(=O)c1ccc(-c2ccnc(Cc3ccc(OC4CCN(Cc5ccccc5)CC4)cc3)n2)cc1. The van der Waals surface area contributed by atoms with Gasteiger partial charge in [0, 0.05) is 43.4 Å². The van der Waals surface area contributed by atoms with Gasteiger partial charge in [-0.05, 0) is 54.3 Å². The van der Waals surface area contributed by atoms with Gasteiger partial charge in [0.1, 0.15) is 24.2 Å². The summed E-state index contributed by atoms with van der Waals surface area (Å²) in [7, 11) is 0. The van der Waals surface area contributed by atoms with Crippen LogP contribution in [0.5, 0.6) is 5.75 Å². The van der Waals surface area contributed by atoms with E-state index < -0.39 is 0 Å². The number of benzene rings is 3. The number of carbonyl (C=O) groups is 1. The van der Waals surface area contributed by atoms with Gasteiger partial charge in [-0.25, -0.2) is 9.97 Å². The summed E-state index contributed by atoms with van der Waals surface area (Å²) >= 11 is 0. The largest absolute Gasteiger partial charge is 0.490 e. The Bertz CT molecular complexity index is 1410. The molecule has 39 heavy (non-hydrogen) atoms. The Balaban J connectivity index is 1.13. The topological polar surface area (TPSA) is 91.1 Å². The van der Waals surface area contributed by atoms with E-state index >= 15 is 0 Å². The maximum atomic E-state index is 12.0. The Morgan fingerprint density at radius 2 is 1.69 bits per heavy atom. The van der Waals surface area contributed by atoms with Crippen LogP contribution in [0.2, 0.25) is 0 Å². The molecule has 5 rings (SSSR count). The average molecular weight is 518 g/mol. The molecular formula is C32H31N5O2. The Labute approximate surface area is 229 Å². The van der Waals surface area contributed by atoms with Crippen molar-refractivity contribution in [2.24, 2.45) is 0 Å². The maximum Gasteiger partial charge on any atom is 0.252 e. The lowest BCUT2D eigenvalue weighted by atomic mass is 10.1. The average Bonchev–Trinajstić information content (AvgIpc) is 2.99. The number of ether oxygens (including phenoxy) is 1. The second-order valence-electron chi connectivity index (χ2n) is 9.68. The molecule has 0 spiro atoms. The van der Waals surface area contributed by atoms with Crippen LogP contribution in [-0.4, -0.2) is 46.5 Å². The standard InChI is InChI=1S/C32H31N5O2/c33-17-19-35-32(38)27-10-8-26(9-11-27)30-14-18-34-31(36-30)22-24-6-12-28(13-7-24)39-29-15-20-37(21-16-29)23-25-4-2-1-3-5-25/h1-14,18,29H,15-16,19-23H2,(H,35,38). The zero-order valence-electron chi connectivity index (χ0n) is 21.8. The molecular weight excluding hydrogens is 486 g/mol. The fourth-order valence-electron chi connectivity index (χ4n) is 4.75. The summed E-state index contributed by atoms with van der Waals surface area (Å²) in [6, 6.07) is 29.8. The van der Waals surface area contributed by atoms with Gasteiger partial charge in [-0.3, -0.25) is 9.69 Å². The van der Waals surface area contributed by atoms with Crippen LogP contribution >= 0.6 is 0 Å². The van der Waals surface area contributed by atoms with E-state index in [0.29, 0.717) is 12.0 Å². The van der Waals surface area contributed by atoms with Crippen LogP contribution in [0, 0.1) is 11.3 Å². The molecule has 7 heteroatoms. The summed E-state index contributed by atoms with van der Waals surface area (Å²) in [5, 5.41) is 11.2. The molecule has 1 aromatic heterocycles. The number of likely N-dealkylation sites (tertiary alicyclic amines) is 1. The molecule has 0 atom stereocenters. The number of amides is 1. The molecule has 1 aliphatic heterocycles. The molecule has 0 saturated carbocycles. The second kappa shape index (κ2) is 12.8. The van der Waals surface area contributed by atoms with Crippen LogP contribution in [0.4, 0.5) is 0 Å². The van der Waals surface area contributed by atoms with Crippen LogP contribution in [0.15, 0.2) is 91.1 Å². The predicted octanol–water partition coefficient (Wildman–Crippen LogP) is 5.03. The molecule has 4 aromatic rings. The number of aromatic nitrogens is 2. The predicted molar refractivity (Wildman–Crippen MR) is 150 cm³/mol. The summed E-state index contributed by atoms with van der Waals surface area (Å²) in [5.41, 5.74) is 4.67. The lowest BCUT2D eigenvalue weighted by Gasteiger charge is -2.32. The van der Waals surface area contributed by atoms with Gasteiger partial charge < -0.3 is 10.1 Å². The molecule has 1 amide bonds. The number of nitrogens with zero attached hydrogens (tertiary/aromatic N) is 4. The van der Waals surface area contributed by atoms with Gasteiger partial charge in [-0.2, -0.15) is 5.26 Å². The lowest BCUT2D eigenvalue weighted by Crippen LogP contribution is -2.37. The van der Waals surface area contributed by atoms with E-state index in [0.717, 1.165) is 60.9 Å². The minimum absolute atomic E-state index is 0.0164. The van der Waals surface area contributed by atoms with Crippen LogP contribution in [0.25, 0.3) is 11.3 Å². The number of nitriles is 1. The van der Waals surface area contributed by atoms with Crippen LogP contribution in [0.3, 0.4) is 0 Å². The normalized spacial score (nSPS) is 13.9. The van der Waals surface area contributed by atoms with E-state index in [-0.39, 0.29) is 18.6 Å². The highest BCUT2D eigenvalue weighted by Gasteiger charge is 2.20. The second-order valence-corrected chi connectivity index (χ2v) is 9.68. The summed E-state index contributed by atoms with van der Waals surface area (Å²) in [6.07, 6.45) is 4.67. The summed E-state index contributed by atoms with van der Waals surface area (Å²) < 4.78 is 6.28.